The van der Waals surface area contributed by atoms with Crippen molar-refractivity contribution in [2.24, 2.45) is 0 Å². The van der Waals surface area contributed by atoms with Gasteiger partial charge in [0, 0.05) is 0 Å². The second-order valence-corrected chi connectivity index (χ2v) is 3.48. The summed E-state index contributed by atoms with van der Waals surface area (Å²) in [6.45, 7) is 0. The molecule has 5 nitrogen and oxygen atoms in total. The molecule has 0 unspecified atom stereocenters. The molecule has 0 radical (unpaired) electrons. The summed E-state index contributed by atoms with van der Waals surface area (Å²) in [5.74, 6) is -0.320. The first kappa shape index (κ1) is 10.9. The van der Waals surface area contributed by atoms with Gasteiger partial charge in [-0.05, 0) is 12.1 Å². The van der Waals surface area contributed by atoms with Crippen molar-refractivity contribution in [3.05, 3.63) is 40.8 Å². The van der Waals surface area contributed by atoms with Crippen LogP contribution in [0.1, 0.15) is 10.6 Å². The molecule has 0 bridgehead atoms. The van der Waals surface area contributed by atoms with Gasteiger partial charge in [0.15, 0.2) is 16.1 Å². The molecule has 0 fully saturated rings. The molecule has 16 heavy (non-hydrogen) atoms. The van der Waals surface area contributed by atoms with Crippen molar-refractivity contribution in [2.75, 3.05) is 5.32 Å². The molecule has 0 saturated carbocycles. The summed E-state index contributed by atoms with van der Waals surface area (Å²) in [5.41, 5.74) is 0.159. The molecule has 7 heteroatoms. The summed E-state index contributed by atoms with van der Waals surface area (Å²) < 4.78 is 4.91. The molecule has 0 spiro atoms. The number of nitrogens with one attached hydrogen (secondary N) is 1. The van der Waals surface area contributed by atoms with E-state index in [2.05, 4.69) is 15.3 Å². The minimum Gasteiger partial charge on any atom is -0.459 e. The lowest BCUT2D eigenvalue weighted by Crippen LogP contribution is -2.12. The fourth-order valence-electron chi connectivity index (χ4n) is 1.03. The SMILES string of the molecule is O=C(Nc1c(Cl)ncnc1Cl)c1ccco1. The Labute approximate surface area is 100 Å². The van der Waals surface area contributed by atoms with Crippen molar-refractivity contribution in [2.45, 2.75) is 0 Å². The van der Waals surface area contributed by atoms with Crippen LogP contribution in [0, 0.1) is 0 Å². The van der Waals surface area contributed by atoms with Crippen LogP contribution in [0.5, 0.6) is 0 Å². The molecule has 0 aliphatic carbocycles. The zero-order valence-electron chi connectivity index (χ0n) is 7.78. The average Bonchev–Trinajstić information content (AvgIpc) is 2.76. The maximum absolute atomic E-state index is 11.6. The first-order valence-electron chi connectivity index (χ1n) is 4.19. The summed E-state index contributed by atoms with van der Waals surface area (Å²) in [5, 5.41) is 2.60. The number of halogens is 2. The van der Waals surface area contributed by atoms with Crippen molar-refractivity contribution in [1.29, 1.82) is 0 Å². The normalized spacial score (nSPS) is 10.1. The van der Waals surface area contributed by atoms with Gasteiger partial charge in [0.25, 0.3) is 5.91 Å². The van der Waals surface area contributed by atoms with E-state index in [-0.39, 0.29) is 21.8 Å². The lowest BCUT2D eigenvalue weighted by atomic mass is 10.4. The van der Waals surface area contributed by atoms with Crippen LogP contribution in [-0.2, 0) is 0 Å². The van der Waals surface area contributed by atoms with Gasteiger partial charge in [-0.25, -0.2) is 9.97 Å². The quantitative estimate of drug-likeness (QED) is 0.840. The van der Waals surface area contributed by atoms with E-state index in [0.717, 1.165) is 0 Å². The van der Waals surface area contributed by atoms with E-state index in [0.29, 0.717) is 0 Å². The number of carbonyl (C=O) groups excluding carboxylic acids is 1. The summed E-state index contributed by atoms with van der Waals surface area (Å²) in [6.07, 6.45) is 2.59. The fraction of sp³-hybridized carbons (Fsp3) is 0. The minimum absolute atomic E-state index is 0.0694. The van der Waals surface area contributed by atoms with Crippen molar-refractivity contribution < 1.29 is 9.21 Å². The van der Waals surface area contributed by atoms with Gasteiger partial charge in [-0.1, -0.05) is 23.2 Å². The predicted molar refractivity (Wildman–Crippen MR) is 58.7 cm³/mol. The number of furan rings is 1. The van der Waals surface area contributed by atoms with Crippen LogP contribution in [0.25, 0.3) is 0 Å². The molecular formula is C9H5Cl2N3O2. The largest absolute Gasteiger partial charge is 0.459 e. The second-order valence-electron chi connectivity index (χ2n) is 2.76. The maximum Gasteiger partial charge on any atom is 0.291 e. The zero-order valence-corrected chi connectivity index (χ0v) is 9.29. The van der Waals surface area contributed by atoms with Gasteiger partial charge in [-0.2, -0.15) is 0 Å². The van der Waals surface area contributed by atoms with E-state index in [1.54, 1.807) is 6.07 Å². The van der Waals surface area contributed by atoms with Crippen LogP contribution >= 0.6 is 23.2 Å². The van der Waals surface area contributed by atoms with Crippen LogP contribution in [0.4, 0.5) is 5.69 Å². The van der Waals surface area contributed by atoms with Crippen molar-refractivity contribution in [3.8, 4) is 0 Å². The van der Waals surface area contributed by atoms with E-state index in [1.807, 2.05) is 0 Å². The molecule has 0 aliphatic rings. The number of amides is 1. The van der Waals surface area contributed by atoms with Crippen molar-refractivity contribution in [3.63, 3.8) is 0 Å². The molecule has 1 N–H and O–H groups in total. The van der Waals surface area contributed by atoms with E-state index in [1.165, 1.54) is 18.7 Å². The highest BCUT2D eigenvalue weighted by Crippen LogP contribution is 2.26. The molecule has 0 saturated heterocycles. The number of carbonyl (C=O) groups is 1. The van der Waals surface area contributed by atoms with Crippen molar-refractivity contribution in [1.82, 2.24) is 9.97 Å². The van der Waals surface area contributed by atoms with Crippen LogP contribution in [0.3, 0.4) is 0 Å². The fourth-order valence-corrected chi connectivity index (χ4v) is 1.44. The zero-order chi connectivity index (χ0) is 11.5. The number of nitrogens with zero attached hydrogens (tertiary/aromatic N) is 2. The van der Waals surface area contributed by atoms with Gasteiger partial charge < -0.3 is 9.73 Å². The van der Waals surface area contributed by atoms with Crippen LogP contribution in [0.15, 0.2) is 29.1 Å². The highest BCUT2D eigenvalue weighted by molar-refractivity contribution is 6.38. The smallest absolute Gasteiger partial charge is 0.291 e. The molecule has 2 aromatic rings. The highest BCUT2D eigenvalue weighted by Gasteiger charge is 2.14. The van der Waals surface area contributed by atoms with Crippen molar-refractivity contribution >= 4 is 34.8 Å². The monoisotopic (exact) mass is 257 g/mol. The second kappa shape index (κ2) is 4.51. The summed E-state index contributed by atoms with van der Waals surface area (Å²) >= 11 is 11.5. The summed E-state index contributed by atoms with van der Waals surface area (Å²) in [6, 6.07) is 3.11. The third-order valence-electron chi connectivity index (χ3n) is 1.74. The molecule has 2 aromatic heterocycles. The Morgan fingerprint density at radius 1 is 1.31 bits per heavy atom. The molecule has 82 valence electrons. The van der Waals surface area contributed by atoms with E-state index in [9.17, 15) is 4.79 Å². The summed E-state index contributed by atoms with van der Waals surface area (Å²) in [7, 11) is 0. The Hall–Kier alpha value is -1.59. The molecular weight excluding hydrogens is 253 g/mol. The van der Waals surface area contributed by atoms with Crippen LogP contribution in [0.2, 0.25) is 10.3 Å². The first-order valence-corrected chi connectivity index (χ1v) is 4.95. The Morgan fingerprint density at radius 2 is 2.00 bits per heavy atom. The van der Waals surface area contributed by atoms with Gasteiger partial charge >= 0.3 is 0 Å². The maximum atomic E-state index is 11.6. The Morgan fingerprint density at radius 3 is 2.56 bits per heavy atom. The molecule has 0 aromatic carbocycles. The Bertz CT molecular complexity index is 493. The minimum atomic E-state index is -0.469. The van der Waals surface area contributed by atoms with Gasteiger partial charge in [-0.3, -0.25) is 4.79 Å². The van der Waals surface area contributed by atoms with Gasteiger partial charge in [0.2, 0.25) is 0 Å². The highest BCUT2D eigenvalue weighted by atomic mass is 35.5. The van der Waals surface area contributed by atoms with Crippen LogP contribution in [-0.4, -0.2) is 15.9 Å². The number of rotatable bonds is 2. The third-order valence-corrected chi connectivity index (χ3v) is 2.31. The Balaban J connectivity index is 2.25. The standard InChI is InChI=1S/C9H5Cl2N3O2/c10-7-6(8(11)13-4-12-7)14-9(15)5-2-1-3-16-5/h1-4H,(H,14,15). The van der Waals surface area contributed by atoms with E-state index >= 15 is 0 Å². The number of anilines is 1. The van der Waals surface area contributed by atoms with Gasteiger partial charge in [0.1, 0.15) is 12.0 Å². The number of hydrogen-bond donors (Lipinski definition) is 1. The van der Waals surface area contributed by atoms with Crippen LogP contribution < -0.4 is 5.32 Å². The molecule has 2 heterocycles. The van der Waals surface area contributed by atoms with Gasteiger partial charge in [-0.15, -0.1) is 0 Å². The Kier molecular flexibility index (Phi) is 3.07. The van der Waals surface area contributed by atoms with E-state index in [4.69, 9.17) is 27.6 Å². The average molecular weight is 258 g/mol. The lowest BCUT2D eigenvalue weighted by molar-refractivity contribution is 0.0996. The molecule has 1 amide bonds. The lowest BCUT2D eigenvalue weighted by Gasteiger charge is -2.05. The molecule has 0 atom stereocenters. The molecule has 2 rings (SSSR count). The topological polar surface area (TPSA) is 68.0 Å². The predicted octanol–water partition coefficient (Wildman–Crippen LogP) is 2.63. The van der Waals surface area contributed by atoms with E-state index < -0.39 is 5.91 Å². The first-order chi connectivity index (χ1) is 7.68. The number of aromatic nitrogens is 2. The third kappa shape index (κ3) is 2.15. The molecule has 0 aliphatic heterocycles. The van der Waals surface area contributed by atoms with Gasteiger partial charge in [0.05, 0.1) is 6.26 Å². The number of hydrogen-bond acceptors (Lipinski definition) is 4. The summed E-state index contributed by atoms with van der Waals surface area (Å²) in [4.78, 5) is 19.0.